The van der Waals surface area contributed by atoms with E-state index < -0.39 is 5.60 Å². The number of carbonyl (C=O) groups is 1. The van der Waals surface area contributed by atoms with E-state index in [2.05, 4.69) is 5.32 Å². The Balaban J connectivity index is 2.16. The number of nitrogens with one attached hydrogen (secondary N) is 1. The zero-order valence-electron chi connectivity index (χ0n) is 11.5. The number of nitrogens with zero attached hydrogens (tertiary/aromatic N) is 1. The van der Waals surface area contributed by atoms with Crippen molar-refractivity contribution in [3.05, 3.63) is 0 Å². The Morgan fingerprint density at radius 2 is 2.06 bits per heavy atom. The topological polar surface area (TPSA) is 61.8 Å². The maximum Gasteiger partial charge on any atom is 0.219 e. The van der Waals surface area contributed by atoms with Crippen molar-refractivity contribution in [3.8, 4) is 0 Å². The average Bonchev–Trinajstić information content (AvgIpc) is 2.33. The van der Waals surface area contributed by atoms with Gasteiger partial charge in [0.05, 0.1) is 18.2 Å². The van der Waals surface area contributed by atoms with E-state index in [1.165, 1.54) is 0 Å². The van der Waals surface area contributed by atoms with Gasteiger partial charge in [0, 0.05) is 14.0 Å². The smallest absolute Gasteiger partial charge is 0.219 e. The lowest BCUT2D eigenvalue weighted by molar-refractivity contribution is -0.204. The molecule has 2 fully saturated rings. The van der Waals surface area contributed by atoms with Crippen molar-refractivity contribution in [1.82, 2.24) is 10.2 Å². The largest absolute Gasteiger partial charge is 0.386 e. The van der Waals surface area contributed by atoms with Crippen molar-refractivity contribution < 1.29 is 14.6 Å². The van der Waals surface area contributed by atoms with Crippen LogP contribution >= 0.6 is 0 Å². The van der Waals surface area contributed by atoms with Crippen LogP contribution in [0.1, 0.15) is 33.1 Å². The number of aliphatic hydroxyl groups is 1. The van der Waals surface area contributed by atoms with Gasteiger partial charge in [0.1, 0.15) is 5.60 Å². The molecule has 2 saturated heterocycles. The molecule has 2 atom stereocenters. The molecule has 2 heterocycles. The molecule has 1 spiro atoms. The van der Waals surface area contributed by atoms with Gasteiger partial charge in [-0.15, -0.1) is 0 Å². The van der Waals surface area contributed by atoms with Crippen LogP contribution in [-0.2, 0) is 9.53 Å². The Bertz CT molecular complexity index is 324. The fourth-order valence-corrected chi connectivity index (χ4v) is 3.03. The first-order chi connectivity index (χ1) is 8.36. The Morgan fingerprint density at radius 1 is 1.44 bits per heavy atom. The van der Waals surface area contributed by atoms with E-state index >= 15 is 0 Å². The summed E-state index contributed by atoms with van der Waals surface area (Å²) in [5.74, 6) is -0.00809. The van der Waals surface area contributed by atoms with E-state index in [9.17, 15) is 9.90 Å². The quantitative estimate of drug-likeness (QED) is 0.700. The molecule has 0 unspecified atom stereocenters. The van der Waals surface area contributed by atoms with E-state index in [0.717, 1.165) is 32.4 Å². The molecule has 5 nitrogen and oxygen atoms in total. The molecule has 0 aromatic carbocycles. The fourth-order valence-electron chi connectivity index (χ4n) is 3.03. The minimum atomic E-state index is -0.962. The van der Waals surface area contributed by atoms with Gasteiger partial charge < -0.3 is 20.1 Å². The summed E-state index contributed by atoms with van der Waals surface area (Å²) in [5, 5.41) is 13.8. The van der Waals surface area contributed by atoms with E-state index in [1.807, 2.05) is 0 Å². The summed E-state index contributed by atoms with van der Waals surface area (Å²) in [5.41, 5.74) is -1.13. The third-order valence-corrected chi connectivity index (χ3v) is 4.43. The molecule has 0 aromatic rings. The molecule has 0 aromatic heterocycles. The summed E-state index contributed by atoms with van der Waals surface area (Å²) in [6, 6.07) is -0.165. The average molecular weight is 256 g/mol. The summed E-state index contributed by atoms with van der Waals surface area (Å²) >= 11 is 0. The van der Waals surface area contributed by atoms with Gasteiger partial charge >= 0.3 is 0 Å². The van der Waals surface area contributed by atoms with Crippen LogP contribution < -0.4 is 5.32 Å². The Kier molecular flexibility index (Phi) is 3.67. The van der Waals surface area contributed by atoms with Crippen molar-refractivity contribution in [2.45, 2.75) is 50.4 Å². The first kappa shape index (κ1) is 13.8. The maximum atomic E-state index is 11.6. The molecule has 0 saturated carbocycles. The van der Waals surface area contributed by atoms with Crippen molar-refractivity contribution in [2.75, 3.05) is 26.7 Å². The van der Waals surface area contributed by atoms with Crippen LogP contribution in [0.2, 0.25) is 0 Å². The van der Waals surface area contributed by atoms with Gasteiger partial charge in [-0.25, -0.2) is 0 Å². The second-order valence-electron chi connectivity index (χ2n) is 5.93. The molecule has 5 heteroatoms. The van der Waals surface area contributed by atoms with Crippen LogP contribution in [0, 0.1) is 0 Å². The highest BCUT2D eigenvalue weighted by Gasteiger charge is 2.49. The number of amides is 1. The predicted octanol–water partition coefficient (Wildman–Crippen LogP) is 0.127. The Labute approximate surface area is 108 Å². The monoisotopic (exact) mass is 256 g/mol. The number of piperidine rings is 1. The molecule has 1 amide bonds. The maximum absolute atomic E-state index is 11.6. The molecular weight excluding hydrogens is 232 g/mol. The molecule has 0 bridgehead atoms. The molecule has 0 aliphatic carbocycles. The number of likely N-dealkylation sites (N-methyl/N-ethyl adjacent to an activating group) is 1. The van der Waals surface area contributed by atoms with Crippen LogP contribution in [0.25, 0.3) is 0 Å². The first-order valence-electron chi connectivity index (χ1n) is 6.67. The number of carbonyl (C=O) groups excluding carboxylic acids is 1. The number of hydrogen-bond donors (Lipinski definition) is 2. The second-order valence-corrected chi connectivity index (χ2v) is 5.93. The fraction of sp³-hybridized carbons (Fsp3) is 0.923. The van der Waals surface area contributed by atoms with Crippen molar-refractivity contribution in [2.24, 2.45) is 0 Å². The molecular formula is C13H24N2O3. The van der Waals surface area contributed by atoms with E-state index in [4.69, 9.17) is 4.74 Å². The zero-order chi connectivity index (χ0) is 13.4. The van der Waals surface area contributed by atoms with Gasteiger partial charge in [0.15, 0.2) is 0 Å². The zero-order valence-corrected chi connectivity index (χ0v) is 11.5. The highest BCUT2D eigenvalue weighted by molar-refractivity contribution is 5.73. The van der Waals surface area contributed by atoms with E-state index in [1.54, 1.807) is 25.8 Å². The van der Waals surface area contributed by atoms with Crippen LogP contribution in [-0.4, -0.2) is 59.9 Å². The van der Waals surface area contributed by atoms with Crippen molar-refractivity contribution >= 4 is 5.91 Å². The molecule has 2 aliphatic rings. The van der Waals surface area contributed by atoms with Gasteiger partial charge in [-0.05, 0) is 39.3 Å². The van der Waals surface area contributed by atoms with E-state index in [0.29, 0.717) is 6.61 Å². The predicted molar refractivity (Wildman–Crippen MR) is 68.3 cm³/mol. The summed E-state index contributed by atoms with van der Waals surface area (Å²) in [6.45, 7) is 5.48. The van der Waals surface area contributed by atoms with Gasteiger partial charge in [0.2, 0.25) is 5.91 Å². The van der Waals surface area contributed by atoms with Gasteiger partial charge in [-0.1, -0.05) is 0 Å². The third-order valence-electron chi connectivity index (χ3n) is 4.43. The second kappa shape index (κ2) is 4.79. The lowest BCUT2D eigenvalue weighted by Gasteiger charge is -2.51. The molecule has 0 radical (unpaired) electrons. The van der Waals surface area contributed by atoms with Gasteiger partial charge in [-0.2, -0.15) is 0 Å². The summed E-state index contributed by atoms with van der Waals surface area (Å²) < 4.78 is 5.95. The van der Waals surface area contributed by atoms with Crippen LogP contribution in [0.4, 0.5) is 0 Å². The standard InChI is InChI=1S/C13H24N2O3/c1-10(16)15(3)11-8-13(4-6-14-7-5-13)18-9-12(11,2)17/h11,14,17H,4-9H2,1-3H3/t11-,12-/m0/s1. The van der Waals surface area contributed by atoms with Crippen LogP contribution in [0.3, 0.4) is 0 Å². The normalized spacial score (nSPS) is 35.4. The molecule has 2 rings (SSSR count). The lowest BCUT2D eigenvalue weighted by atomic mass is 9.77. The Hall–Kier alpha value is -0.650. The van der Waals surface area contributed by atoms with Crippen molar-refractivity contribution in [3.63, 3.8) is 0 Å². The van der Waals surface area contributed by atoms with E-state index in [-0.39, 0.29) is 17.6 Å². The number of hydrogen-bond acceptors (Lipinski definition) is 4. The first-order valence-corrected chi connectivity index (χ1v) is 6.67. The Morgan fingerprint density at radius 3 is 2.61 bits per heavy atom. The molecule has 2 N–H and O–H groups in total. The summed E-state index contributed by atoms with van der Waals surface area (Å²) in [6.07, 6.45) is 2.62. The molecule has 104 valence electrons. The number of rotatable bonds is 1. The highest BCUT2D eigenvalue weighted by atomic mass is 16.5. The molecule has 18 heavy (non-hydrogen) atoms. The lowest BCUT2D eigenvalue weighted by Crippen LogP contribution is -2.63. The summed E-state index contributed by atoms with van der Waals surface area (Å²) in [7, 11) is 1.77. The van der Waals surface area contributed by atoms with Gasteiger partial charge in [-0.3, -0.25) is 4.79 Å². The number of ether oxygens (including phenoxy) is 1. The van der Waals surface area contributed by atoms with Gasteiger partial charge in [0.25, 0.3) is 0 Å². The van der Waals surface area contributed by atoms with Crippen LogP contribution in [0.5, 0.6) is 0 Å². The summed E-state index contributed by atoms with van der Waals surface area (Å²) in [4.78, 5) is 13.2. The highest BCUT2D eigenvalue weighted by Crippen LogP contribution is 2.38. The third kappa shape index (κ3) is 2.53. The van der Waals surface area contributed by atoms with Crippen molar-refractivity contribution in [1.29, 1.82) is 0 Å². The SMILES string of the molecule is CC(=O)N(C)[C@H]1CC2(CCNCC2)OC[C@]1(C)O. The van der Waals surface area contributed by atoms with Crippen LogP contribution in [0.15, 0.2) is 0 Å². The minimum Gasteiger partial charge on any atom is -0.386 e. The molecule has 2 aliphatic heterocycles. The minimum absolute atomic E-state index is 0.00809.